The molecule has 31 heavy (non-hydrogen) atoms. The van der Waals surface area contributed by atoms with Crippen LogP contribution in [0.2, 0.25) is 0 Å². The lowest BCUT2D eigenvalue weighted by molar-refractivity contribution is -0.385. The molecule has 2 aromatic rings. The molecule has 1 N–H and O–H groups in total. The minimum Gasteiger partial charge on any atom is -0.452 e. The minimum atomic E-state index is -0.910. The standard InChI is InChI=1S/C22H26N4O5/c1-3-24-11-13-25(14-12-24)18-9-7-17(8-10-18)23-20(27)15-31-22(28)19-6-4-5-16(2)21(19)26(29)30/h4-10H,3,11-15H2,1-2H3,(H,23,27). The number of aryl methyl sites for hydroxylation is 1. The zero-order chi connectivity index (χ0) is 22.4. The van der Waals surface area contributed by atoms with Gasteiger partial charge >= 0.3 is 5.97 Å². The van der Waals surface area contributed by atoms with Gasteiger partial charge in [0, 0.05) is 43.1 Å². The van der Waals surface area contributed by atoms with Gasteiger partial charge in [-0.15, -0.1) is 0 Å². The smallest absolute Gasteiger partial charge is 0.345 e. The first-order valence-corrected chi connectivity index (χ1v) is 10.2. The number of ether oxygens (including phenoxy) is 1. The number of benzene rings is 2. The molecule has 1 heterocycles. The van der Waals surface area contributed by atoms with Crippen LogP contribution in [0.3, 0.4) is 0 Å². The first-order chi connectivity index (χ1) is 14.9. The molecular formula is C22H26N4O5. The average molecular weight is 426 g/mol. The molecule has 0 aliphatic carbocycles. The molecule has 0 radical (unpaired) electrons. The molecule has 0 unspecified atom stereocenters. The molecule has 0 saturated carbocycles. The summed E-state index contributed by atoms with van der Waals surface area (Å²) in [4.78, 5) is 39.7. The lowest BCUT2D eigenvalue weighted by Crippen LogP contribution is -2.46. The van der Waals surface area contributed by atoms with Crippen molar-refractivity contribution in [3.63, 3.8) is 0 Å². The number of carbonyl (C=O) groups excluding carboxylic acids is 2. The monoisotopic (exact) mass is 426 g/mol. The highest BCUT2D eigenvalue weighted by Crippen LogP contribution is 2.24. The van der Waals surface area contributed by atoms with Crippen molar-refractivity contribution in [3.05, 3.63) is 63.7 Å². The van der Waals surface area contributed by atoms with Crippen LogP contribution in [0.1, 0.15) is 22.8 Å². The number of nitrogens with one attached hydrogen (secondary N) is 1. The normalized spacial score (nSPS) is 14.2. The summed E-state index contributed by atoms with van der Waals surface area (Å²) in [5.41, 5.74) is 1.53. The van der Waals surface area contributed by atoms with Crippen molar-refractivity contribution in [2.45, 2.75) is 13.8 Å². The number of carbonyl (C=O) groups is 2. The molecule has 3 rings (SSSR count). The van der Waals surface area contributed by atoms with Crippen LogP contribution in [0.15, 0.2) is 42.5 Å². The molecular weight excluding hydrogens is 400 g/mol. The van der Waals surface area contributed by atoms with Crippen molar-refractivity contribution < 1.29 is 19.2 Å². The number of amides is 1. The van der Waals surface area contributed by atoms with Crippen LogP contribution in [0.25, 0.3) is 0 Å². The van der Waals surface area contributed by atoms with Crippen LogP contribution in [0.4, 0.5) is 17.1 Å². The van der Waals surface area contributed by atoms with E-state index in [9.17, 15) is 19.7 Å². The number of rotatable bonds is 7. The highest BCUT2D eigenvalue weighted by molar-refractivity contribution is 5.97. The van der Waals surface area contributed by atoms with Crippen molar-refractivity contribution in [2.75, 3.05) is 49.5 Å². The number of anilines is 2. The maximum absolute atomic E-state index is 12.2. The van der Waals surface area contributed by atoms with Crippen molar-refractivity contribution >= 4 is 28.9 Å². The molecule has 164 valence electrons. The molecule has 1 saturated heterocycles. The Bertz CT molecular complexity index is 953. The van der Waals surface area contributed by atoms with E-state index >= 15 is 0 Å². The predicted molar refractivity (Wildman–Crippen MR) is 118 cm³/mol. The van der Waals surface area contributed by atoms with E-state index < -0.39 is 23.4 Å². The topological polar surface area (TPSA) is 105 Å². The third-order valence-electron chi connectivity index (χ3n) is 5.31. The number of nitrogens with zero attached hydrogens (tertiary/aromatic N) is 3. The van der Waals surface area contributed by atoms with Crippen molar-refractivity contribution in [2.24, 2.45) is 0 Å². The Labute approximate surface area is 180 Å². The van der Waals surface area contributed by atoms with Crippen LogP contribution in [-0.2, 0) is 9.53 Å². The number of para-hydroxylation sites is 1. The number of hydrogen-bond donors (Lipinski definition) is 1. The summed E-state index contributed by atoms with van der Waals surface area (Å²) in [5.74, 6) is -1.43. The van der Waals surface area contributed by atoms with E-state index in [1.165, 1.54) is 25.1 Å². The van der Waals surface area contributed by atoms with Gasteiger partial charge in [-0.3, -0.25) is 14.9 Å². The summed E-state index contributed by atoms with van der Waals surface area (Å²) in [7, 11) is 0. The van der Waals surface area contributed by atoms with Gasteiger partial charge in [0.25, 0.3) is 11.6 Å². The van der Waals surface area contributed by atoms with Gasteiger partial charge in [0.15, 0.2) is 6.61 Å². The fourth-order valence-corrected chi connectivity index (χ4v) is 3.55. The molecule has 0 spiro atoms. The Kier molecular flexibility index (Phi) is 7.19. The van der Waals surface area contributed by atoms with Gasteiger partial charge in [-0.2, -0.15) is 0 Å². The first-order valence-electron chi connectivity index (χ1n) is 10.2. The van der Waals surface area contributed by atoms with Gasteiger partial charge in [0.2, 0.25) is 0 Å². The van der Waals surface area contributed by atoms with Crippen molar-refractivity contribution in [1.82, 2.24) is 4.90 Å². The average Bonchev–Trinajstić information content (AvgIpc) is 2.77. The van der Waals surface area contributed by atoms with Gasteiger partial charge in [0.1, 0.15) is 5.56 Å². The number of likely N-dealkylation sites (N-methyl/N-ethyl adjacent to an activating group) is 1. The molecule has 1 aliphatic rings. The molecule has 0 atom stereocenters. The molecule has 9 nitrogen and oxygen atoms in total. The molecule has 0 aromatic heterocycles. The number of nitro benzene ring substituents is 1. The Balaban J connectivity index is 1.53. The molecule has 1 fully saturated rings. The van der Waals surface area contributed by atoms with Crippen LogP contribution in [0.5, 0.6) is 0 Å². The summed E-state index contributed by atoms with van der Waals surface area (Å²) >= 11 is 0. The number of hydrogen-bond acceptors (Lipinski definition) is 7. The Morgan fingerprint density at radius 3 is 2.39 bits per heavy atom. The van der Waals surface area contributed by atoms with Crippen molar-refractivity contribution in [3.8, 4) is 0 Å². The highest BCUT2D eigenvalue weighted by atomic mass is 16.6. The molecule has 9 heteroatoms. The van der Waals surface area contributed by atoms with Crippen LogP contribution >= 0.6 is 0 Å². The van der Waals surface area contributed by atoms with Gasteiger partial charge in [-0.1, -0.05) is 19.1 Å². The van der Waals surface area contributed by atoms with E-state index in [0.717, 1.165) is 38.4 Å². The van der Waals surface area contributed by atoms with Crippen LogP contribution in [0, 0.1) is 17.0 Å². The number of esters is 1. The highest BCUT2D eigenvalue weighted by Gasteiger charge is 2.24. The zero-order valence-electron chi connectivity index (χ0n) is 17.7. The van der Waals surface area contributed by atoms with E-state index in [-0.39, 0.29) is 11.3 Å². The molecule has 1 aliphatic heterocycles. The van der Waals surface area contributed by atoms with Crippen LogP contribution < -0.4 is 10.2 Å². The second-order valence-corrected chi connectivity index (χ2v) is 7.32. The predicted octanol–water partition coefficient (Wildman–Crippen LogP) is 2.84. The van der Waals surface area contributed by atoms with E-state index in [2.05, 4.69) is 22.0 Å². The van der Waals surface area contributed by atoms with E-state index in [4.69, 9.17) is 4.74 Å². The Morgan fingerprint density at radius 2 is 1.77 bits per heavy atom. The van der Waals surface area contributed by atoms with E-state index in [1.54, 1.807) is 12.1 Å². The molecule has 2 aromatic carbocycles. The van der Waals surface area contributed by atoms with E-state index in [1.807, 2.05) is 12.1 Å². The summed E-state index contributed by atoms with van der Waals surface area (Å²) in [6, 6.07) is 11.9. The van der Waals surface area contributed by atoms with Crippen LogP contribution in [-0.4, -0.2) is 61.0 Å². The maximum atomic E-state index is 12.2. The zero-order valence-corrected chi connectivity index (χ0v) is 17.7. The summed E-state index contributed by atoms with van der Waals surface area (Å²) in [6.07, 6.45) is 0. The largest absolute Gasteiger partial charge is 0.452 e. The fraction of sp³-hybridized carbons (Fsp3) is 0.364. The fourth-order valence-electron chi connectivity index (χ4n) is 3.55. The second-order valence-electron chi connectivity index (χ2n) is 7.32. The molecule has 1 amide bonds. The summed E-state index contributed by atoms with van der Waals surface area (Å²) < 4.78 is 4.98. The quantitative estimate of drug-likeness (QED) is 0.412. The van der Waals surface area contributed by atoms with E-state index in [0.29, 0.717) is 11.3 Å². The Morgan fingerprint density at radius 1 is 1.10 bits per heavy atom. The summed E-state index contributed by atoms with van der Waals surface area (Å²) in [5, 5.41) is 13.9. The minimum absolute atomic E-state index is 0.176. The second kappa shape index (κ2) is 10.0. The van der Waals surface area contributed by atoms with Crippen molar-refractivity contribution in [1.29, 1.82) is 0 Å². The van der Waals surface area contributed by atoms with Gasteiger partial charge in [-0.05, 0) is 43.8 Å². The number of nitro groups is 1. The lowest BCUT2D eigenvalue weighted by atomic mass is 10.1. The van der Waals surface area contributed by atoms with Gasteiger partial charge in [0.05, 0.1) is 4.92 Å². The third-order valence-corrected chi connectivity index (χ3v) is 5.31. The third kappa shape index (κ3) is 5.58. The number of piperazine rings is 1. The summed E-state index contributed by atoms with van der Waals surface area (Å²) in [6.45, 7) is 8.19. The molecule has 0 bridgehead atoms. The lowest BCUT2D eigenvalue weighted by Gasteiger charge is -2.35. The SMILES string of the molecule is CCN1CCN(c2ccc(NC(=O)COC(=O)c3cccc(C)c3[N+](=O)[O-])cc2)CC1. The van der Waals surface area contributed by atoms with Gasteiger partial charge in [-0.25, -0.2) is 4.79 Å². The van der Waals surface area contributed by atoms with Gasteiger partial charge < -0.3 is 19.9 Å². The Hall–Kier alpha value is -3.46. The first kappa shape index (κ1) is 22.2. The maximum Gasteiger partial charge on any atom is 0.345 e.